The predicted molar refractivity (Wildman–Crippen MR) is 60.3 cm³/mol. The van der Waals surface area contributed by atoms with Gasteiger partial charge in [0, 0.05) is 7.05 Å². The van der Waals surface area contributed by atoms with Crippen molar-refractivity contribution in [1.82, 2.24) is 14.0 Å². The second kappa shape index (κ2) is 5.64. The fraction of sp³-hybridized carbons (Fsp3) is 0.500. The summed E-state index contributed by atoms with van der Waals surface area (Å²) in [6.07, 6.45) is 0. The third kappa shape index (κ3) is 3.68. The smallest absolute Gasteiger partial charge is 0.182 e. The standard InChI is InChI=1S/C6H10ClN3OS.H2S/c1-4-6(5(2)9-8-4)11-12-10(3)7;/h1-3H3,(H,8,9);1H2. The highest BCUT2D eigenvalue weighted by molar-refractivity contribution is 7.93. The Balaban J connectivity index is 0.00000144. The van der Waals surface area contributed by atoms with Crippen LogP contribution in [0.5, 0.6) is 5.75 Å². The van der Waals surface area contributed by atoms with E-state index in [4.69, 9.17) is 16.0 Å². The molecule has 4 nitrogen and oxygen atoms in total. The van der Waals surface area contributed by atoms with Gasteiger partial charge in [-0.05, 0) is 25.6 Å². The van der Waals surface area contributed by atoms with E-state index in [1.807, 2.05) is 13.8 Å². The van der Waals surface area contributed by atoms with E-state index in [1.54, 1.807) is 7.05 Å². The molecule has 13 heavy (non-hydrogen) atoms. The Morgan fingerprint density at radius 3 is 2.54 bits per heavy atom. The molecule has 0 saturated heterocycles. The van der Waals surface area contributed by atoms with Gasteiger partial charge in [-0.3, -0.25) is 5.10 Å². The van der Waals surface area contributed by atoms with Crippen LogP contribution in [-0.2, 0) is 0 Å². The molecule has 0 aliphatic rings. The Bertz CT molecular complexity index is 247. The maximum Gasteiger partial charge on any atom is 0.182 e. The number of aromatic nitrogens is 2. The van der Waals surface area contributed by atoms with Crippen LogP contribution in [-0.4, -0.2) is 21.1 Å². The van der Waals surface area contributed by atoms with Crippen LogP contribution < -0.4 is 4.18 Å². The van der Waals surface area contributed by atoms with E-state index in [2.05, 4.69) is 10.2 Å². The molecular formula is C6H12ClN3OS2. The van der Waals surface area contributed by atoms with Gasteiger partial charge in [-0.2, -0.15) is 18.6 Å². The normalized spacial score (nSPS) is 9.92. The van der Waals surface area contributed by atoms with Crippen molar-refractivity contribution in [2.24, 2.45) is 0 Å². The fourth-order valence-electron chi connectivity index (χ4n) is 0.752. The van der Waals surface area contributed by atoms with E-state index in [1.165, 1.54) is 3.82 Å². The Morgan fingerprint density at radius 2 is 2.15 bits per heavy atom. The van der Waals surface area contributed by atoms with Crippen LogP contribution in [0.2, 0.25) is 0 Å². The molecule has 1 rings (SSSR count). The van der Waals surface area contributed by atoms with Crippen molar-refractivity contribution in [2.45, 2.75) is 13.8 Å². The summed E-state index contributed by atoms with van der Waals surface area (Å²) in [4.78, 5) is 0. The zero-order valence-electron chi connectivity index (χ0n) is 7.59. The molecule has 0 aromatic carbocycles. The number of hydrogen-bond donors (Lipinski definition) is 1. The quantitative estimate of drug-likeness (QED) is 0.500. The molecule has 0 amide bonds. The maximum absolute atomic E-state index is 5.54. The van der Waals surface area contributed by atoms with E-state index >= 15 is 0 Å². The third-order valence-electron chi connectivity index (χ3n) is 1.28. The number of hydrogen-bond acceptors (Lipinski definition) is 4. The lowest BCUT2D eigenvalue weighted by atomic mass is 10.4. The molecule has 0 aliphatic heterocycles. The summed E-state index contributed by atoms with van der Waals surface area (Å²) in [6, 6.07) is 0. The largest absolute Gasteiger partial charge is 0.405 e. The summed E-state index contributed by atoms with van der Waals surface area (Å²) in [5, 5.41) is 6.78. The van der Waals surface area contributed by atoms with Gasteiger partial charge >= 0.3 is 0 Å². The van der Waals surface area contributed by atoms with Crippen LogP contribution >= 0.6 is 37.5 Å². The third-order valence-corrected chi connectivity index (χ3v) is 1.90. The SMILES string of the molecule is Cc1n[nH]c(C)c1OSN(C)Cl.S. The topological polar surface area (TPSA) is 41.1 Å². The van der Waals surface area contributed by atoms with Crippen LogP contribution in [0.25, 0.3) is 0 Å². The van der Waals surface area contributed by atoms with Crippen LogP contribution in [0.4, 0.5) is 0 Å². The Labute approximate surface area is 93.9 Å². The summed E-state index contributed by atoms with van der Waals surface area (Å²) in [6.45, 7) is 3.76. The molecule has 0 bridgehead atoms. The zero-order valence-corrected chi connectivity index (χ0v) is 10.2. The van der Waals surface area contributed by atoms with Crippen molar-refractivity contribution in [2.75, 3.05) is 7.05 Å². The molecular weight excluding hydrogens is 230 g/mol. The summed E-state index contributed by atoms with van der Waals surface area (Å²) >= 11 is 6.60. The lowest BCUT2D eigenvalue weighted by Crippen LogP contribution is -1.95. The number of aromatic amines is 1. The highest BCUT2D eigenvalue weighted by Gasteiger charge is 2.08. The van der Waals surface area contributed by atoms with Crippen molar-refractivity contribution in [3.63, 3.8) is 0 Å². The molecule has 0 unspecified atom stereocenters. The highest BCUT2D eigenvalue weighted by atomic mass is 35.5. The van der Waals surface area contributed by atoms with Crippen molar-refractivity contribution in [1.29, 1.82) is 0 Å². The van der Waals surface area contributed by atoms with E-state index in [9.17, 15) is 0 Å². The Hall–Kier alpha value is -0.0400. The average Bonchev–Trinajstić information content (AvgIpc) is 2.28. The van der Waals surface area contributed by atoms with Gasteiger partial charge in [0.2, 0.25) is 0 Å². The van der Waals surface area contributed by atoms with Crippen molar-refractivity contribution >= 4 is 37.5 Å². The Morgan fingerprint density at radius 1 is 1.54 bits per heavy atom. The second-order valence-electron chi connectivity index (χ2n) is 2.34. The fourth-order valence-corrected chi connectivity index (χ4v) is 1.26. The lowest BCUT2D eigenvalue weighted by molar-refractivity contribution is 0.608. The van der Waals surface area contributed by atoms with Gasteiger partial charge in [0.1, 0.15) is 5.69 Å². The monoisotopic (exact) mass is 241 g/mol. The van der Waals surface area contributed by atoms with Gasteiger partial charge in [-0.1, -0.05) is 0 Å². The van der Waals surface area contributed by atoms with Crippen molar-refractivity contribution in [3.8, 4) is 5.75 Å². The first kappa shape index (κ1) is 13.0. The van der Waals surface area contributed by atoms with E-state index < -0.39 is 0 Å². The predicted octanol–water partition coefficient (Wildman–Crippen LogP) is 2.17. The summed E-state index contributed by atoms with van der Waals surface area (Å²) < 4.78 is 6.64. The molecule has 0 spiro atoms. The van der Waals surface area contributed by atoms with Crippen molar-refractivity contribution in [3.05, 3.63) is 11.4 Å². The molecule has 1 heterocycles. The van der Waals surface area contributed by atoms with E-state index in [-0.39, 0.29) is 13.5 Å². The number of H-pyrrole nitrogens is 1. The molecule has 0 aliphatic carbocycles. The molecule has 1 aromatic rings. The lowest BCUT2D eigenvalue weighted by Gasteiger charge is -2.05. The van der Waals surface area contributed by atoms with Gasteiger partial charge in [0.15, 0.2) is 18.0 Å². The molecule has 0 saturated carbocycles. The number of aryl methyl sites for hydroxylation is 2. The Kier molecular flexibility index (Phi) is 5.62. The first-order valence-corrected chi connectivity index (χ1v) is 4.40. The van der Waals surface area contributed by atoms with Crippen LogP contribution in [0.3, 0.4) is 0 Å². The zero-order chi connectivity index (χ0) is 9.14. The molecule has 76 valence electrons. The number of rotatable bonds is 3. The van der Waals surface area contributed by atoms with Crippen LogP contribution in [0.15, 0.2) is 0 Å². The van der Waals surface area contributed by atoms with E-state index in [0.717, 1.165) is 29.4 Å². The first-order valence-electron chi connectivity index (χ1n) is 3.37. The van der Waals surface area contributed by atoms with Gasteiger partial charge < -0.3 is 4.18 Å². The van der Waals surface area contributed by atoms with Gasteiger partial charge in [0.05, 0.1) is 5.69 Å². The minimum atomic E-state index is 0. The molecule has 0 atom stereocenters. The maximum atomic E-state index is 5.54. The molecule has 0 radical (unpaired) electrons. The molecule has 7 heteroatoms. The summed E-state index contributed by atoms with van der Waals surface area (Å²) in [5.41, 5.74) is 1.73. The minimum Gasteiger partial charge on any atom is -0.405 e. The number of nitrogens with one attached hydrogen (secondary N) is 1. The molecule has 1 N–H and O–H groups in total. The average molecular weight is 242 g/mol. The summed E-state index contributed by atoms with van der Waals surface area (Å²) in [7, 11) is 1.69. The minimum absolute atomic E-state index is 0. The molecule has 0 fully saturated rings. The van der Waals surface area contributed by atoms with E-state index in [0.29, 0.717) is 0 Å². The molecule has 1 aromatic heterocycles. The van der Waals surface area contributed by atoms with Gasteiger partial charge in [-0.15, -0.1) is 3.82 Å². The van der Waals surface area contributed by atoms with Crippen LogP contribution in [0.1, 0.15) is 11.4 Å². The first-order chi connectivity index (χ1) is 5.61. The van der Waals surface area contributed by atoms with Gasteiger partial charge in [-0.25, -0.2) is 0 Å². The van der Waals surface area contributed by atoms with Crippen molar-refractivity contribution < 1.29 is 4.18 Å². The number of halogens is 1. The van der Waals surface area contributed by atoms with Crippen LogP contribution in [0, 0.1) is 13.8 Å². The summed E-state index contributed by atoms with van der Waals surface area (Å²) in [5.74, 6) is 0.743. The highest BCUT2D eigenvalue weighted by Crippen LogP contribution is 2.25. The second-order valence-corrected chi connectivity index (χ2v) is 3.91. The van der Waals surface area contributed by atoms with Gasteiger partial charge in [0.25, 0.3) is 0 Å². The number of nitrogens with zero attached hydrogens (tertiary/aromatic N) is 2.